The number of hydrogen-bond donors (Lipinski definition) is 2. The largest absolute Gasteiger partial charge is 0.444 e. The molecule has 0 bridgehead atoms. The molecule has 48 heavy (non-hydrogen) atoms. The highest BCUT2D eigenvalue weighted by molar-refractivity contribution is 5.99. The van der Waals surface area contributed by atoms with Crippen LogP contribution in [0.4, 0.5) is 22.2 Å². The molecule has 1 saturated carbocycles. The van der Waals surface area contributed by atoms with Gasteiger partial charge in [-0.05, 0) is 72.2 Å². The lowest BCUT2D eigenvalue weighted by Crippen LogP contribution is -2.51. The van der Waals surface area contributed by atoms with Gasteiger partial charge in [0.15, 0.2) is 5.78 Å². The molecule has 14 nitrogen and oxygen atoms in total. The number of likely N-dealkylation sites (N-methyl/N-ethyl adjacent to an activating group) is 1. The second-order valence-electron chi connectivity index (χ2n) is 13.7. The van der Waals surface area contributed by atoms with E-state index in [0.717, 1.165) is 31.4 Å². The molecule has 1 saturated heterocycles. The van der Waals surface area contributed by atoms with Crippen LogP contribution in [0.25, 0.3) is 11.0 Å². The second-order valence-corrected chi connectivity index (χ2v) is 13.7. The van der Waals surface area contributed by atoms with Gasteiger partial charge in [-0.2, -0.15) is 4.98 Å². The van der Waals surface area contributed by atoms with Gasteiger partial charge in [0.25, 0.3) is 5.56 Å². The Morgan fingerprint density at radius 2 is 1.75 bits per heavy atom. The molecule has 5 rings (SSSR count). The van der Waals surface area contributed by atoms with E-state index in [1.807, 2.05) is 49.8 Å². The minimum Gasteiger partial charge on any atom is -0.444 e. The van der Waals surface area contributed by atoms with Crippen LogP contribution >= 0.6 is 0 Å². The van der Waals surface area contributed by atoms with Crippen LogP contribution in [0.2, 0.25) is 0 Å². The van der Waals surface area contributed by atoms with Crippen molar-refractivity contribution in [3.8, 4) is 0 Å². The highest BCUT2D eigenvalue weighted by Crippen LogP contribution is 2.32. The molecule has 1 aliphatic carbocycles. The van der Waals surface area contributed by atoms with E-state index in [9.17, 15) is 19.2 Å². The number of ketones is 1. The van der Waals surface area contributed by atoms with Gasteiger partial charge in [0.1, 0.15) is 17.1 Å². The van der Waals surface area contributed by atoms with Gasteiger partial charge < -0.3 is 25.2 Å². The summed E-state index contributed by atoms with van der Waals surface area (Å²) in [6.45, 7) is 12.4. The molecule has 2 amide bonds. The third-order valence-corrected chi connectivity index (χ3v) is 8.80. The van der Waals surface area contributed by atoms with Gasteiger partial charge in [0.05, 0.1) is 24.0 Å². The van der Waals surface area contributed by atoms with Crippen molar-refractivity contribution in [2.24, 2.45) is 0 Å². The molecular weight excluding hydrogens is 614 g/mol. The maximum absolute atomic E-state index is 13.5. The molecule has 0 atom stereocenters. The Labute approximate surface area is 280 Å². The Kier molecular flexibility index (Phi) is 10.6. The number of aromatic nitrogens is 4. The molecular formula is C34H47N9O5. The van der Waals surface area contributed by atoms with E-state index in [1.165, 1.54) is 6.92 Å². The Hall–Kier alpha value is -4.59. The van der Waals surface area contributed by atoms with Crippen LogP contribution in [-0.4, -0.2) is 106 Å². The number of hydrogen-bond acceptors (Lipinski definition) is 11. The molecule has 0 radical (unpaired) electrons. The van der Waals surface area contributed by atoms with Gasteiger partial charge in [-0.3, -0.25) is 23.9 Å². The fourth-order valence-electron chi connectivity index (χ4n) is 6.36. The van der Waals surface area contributed by atoms with Crippen LogP contribution < -0.4 is 21.1 Å². The van der Waals surface area contributed by atoms with Crippen molar-refractivity contribution in [3.63, 3.8) is 0 Å². The second kappa shape index (κ2) is 14.7. The van der Waals surface area contributed by atoms with Crippen LogP contribution in [0.1, 0.15) is 75.3 Å². The summed E-state index contributed by atoms with van der Waals surface area (Å²) in [5.41, 5.74) is 1.44. The van der Waals surface area contributed by atoms with Crippen molar-refractivity contribution in [1.29, 1.82) is 0 Å². The standard InChI is InChI=1S/C34H47N9O5/c1-22-26-20-37-32(39-30(26)43(24-9-7-8-10-24)31(46)29(22)23(2)44)38-27-12-11-25(19-36-27)41-15-17-42(18-16-41)28(45)21-40(6)14-13-35-33(47)48-34(3,4)5/h11-12,19-20,24H,7-10,13-18,21H2,1-6H3,(H,35,47)(H,36,37,38,39). The minimum absolute atomic E-state index is 0.00337. The van der Waals surface area contributed by atoms with Crippen molar-refractivity contribution >= 4 is 46.3 Å². The molecule has 3 aromatic rings. The fraction of sp³-hybridized carbons (Fsp3) is 0.559. The summed E-state index contributed by atoms with van der Waals surface area (Å²) in [6.07, 6.45) is 6.81. The first kappa shape index (κ1) is 34.7. The third-order valence-electron chi connectivity index (χ3n) is 8.80. The van der Waals surface area contributed by atoms with Gasteiger partial charge in [-0.1, -0.05) is 12.8 Å². The summed E-state index contributed by atoms with van der Waals surface area (Å²) in [4.78, 5) is 70.4. The van der Waals surface area contributed by atoms with Gasteiger partial charge in [0, 0.05) is 56.9 Å². The monoisotopic (exact) mass is 661 g/mol. The zero-order chi connectivity index (χ0) is 34.6. The molecule has 2 aliphatic rings. The SMILES string of the molecule is CC(=O)c1c(C)c2cnc(Nc3ccc(N4CCN(C(=O)CN(C)CCNC(=O)OC(C)(C)C)CC4)cn3)nc2n(C2CCCC2)c1=O. The lowest BCUT2D eigenvalue weighted by Gasteiger charge is -2.36. The highest BCUT2D eigenvalue weighted by atomic mass is 16.6. The number of alkyl carbamates (subject to hydrolysis) is 1. The first-order chi connectivity index (χ1) is 22.8. The predicted octanol–water partition coefficient (Wildman–Crippen LogP) is 3.66. The summed E-state index contributed by atoms with van der Waals surface area (Å²) in [5, 5.41) is 6.58. The van der Waals surface area contributed by atoms with Crippen LogP contribution in [-0.2, 0) is 9.53 Å². The number of nitrogens with one attached hydrogen (secondary N) is 2. The molecule has 3 aromatic heterocycles. The first-order valence-corrected chi connectivity index (χ1v) is 16.6. The quantitative estimate of drug-likeness (QED) is 0.306. The molecule has 14 heteroatoms. The van der Waals surface area contributed by atoms with Crippen LogP contribution in [0.5, 0.6) is 0 Å². The number of pyridine rings is 2. The number of anilines is 3. The lowest BCUT2D eigenvalue weighted by molar-refractivity contribution is -0.132. The number of aryl methyl sites for hydroxylation is 1. The van der Waals surface area contributed by atoms with Gasteiger partial charge in [-0.25, -0.2) is 14.8 Å². The van der Waals surface area contributed by atoms with Gasteiger partial charge in [0.2, 0.25) is 11.9 Å². The van der Waals surface area contributed by atoms with Crippen molar-refractivity contribution < 1.29 is 19.1 Å². The zero-order valence-electron chi connectivity index (χ0n) is 28.8. The first-order valence-electron chi connectivity index (χ1n) is 16.6. The Balaban J connectivity index is 1.16. The average molecular weight is 662 g/mol. The Bertz CT molecular complexity index is 1700. The van der Waals surface area contributed by atoms with Crippen LogP contribution in [0.3, 0.4) is 0 Å². The molecule has 0 unspecified atom stereocenters. The maximum Gasteiger partial charge on any atom is 0.407 e. The number of piperazine rings is 1. The van der Waals surface area contributed by atoms with E-state index >= 15 is 0 Å². The highest BCUT2D eigenvalue weighted by Gasteiger charge is 2.26. The molecule has 2 N–H and O–H groups in total. The number of Topliss-reactive ketones (excluding diaryl/α,β-unsaturated/α-hetero) is 1. The van der Waals surface area contributed by atoms with Gasteiger partial charge in [-0.15, -0.1) is 0 Å². The molecule has 2 fully saturated rings. The number of ether oxygens (including phenoxy) is 1. The van der Waals surface area contributed by atoms with E-state index in [0.29, 0.717) is 67.6 Å². The normalized spacial score (nSPS) is 15.6. The van der Waals surface area contributed by atoms with E-state index < -0.39 is 11.7 Å². The van der Waals surface area contributed by atoms with E-state index in [4.69, 9.17) is 9.72 Å². The summed E-state index contributed by atoms with van der Waals surface area (Å²) >= 11 is 0. The van der Waals surface area contributed by atoms with E-state index in [1.54, 1.807) is 23.9 Å². The van der Waals surface area contributed by atoms with Crippen LogP contribution in [0, 0.1) is 6.92 Å². The topological polar surface area (TPSA) is 155 Å². The van der Waals surface area contributed by atoms with Crippen molar-refractivity contribution in [2.75, 3.05) is 63.1 Å². The smallest absolute Gasteiger partial charge is 0.407 e. The minimum atomic E-state index is -0.553. The van der Waals surface area contributed by atoms with E-state index in [-0.39, 0.29) is 35.4 Å². The number of rotatable bonds is 10. The van der Waals surface area contributed by atoms with Crippen molar-refractivity contribution in [2.45, 2.75) is 71.9 Å². The Morgan fingerprint density at radius 1 is 1.04 bits per heavy atom. The fourth-order valence-corrected chi connectivity index (χ4v) is 6.36. The predicted molar refractivity (Wildman–Crippen MR) is 184 cm³/mol. The number of fused-ring (bicyclic) bond motifs is 1. The van der Waals surface area contributed by atoms with E-state index in [2.05, 4.69) is 25.5 Å². The molecule has 258 valence electrons. The number of carbonyl (C=O) groups excluding carboxylic acids is 3. The average Bonchev–Trinajstić information content (AvgIpc) is 3.55. The summed E-state index contributed by atoms with van der Waals surface area (Å²) in [7, 11) is 1.86. The summed E-state index contributed by atoms with van der Waals surface area (Å²) in [6, 6.07) is 3.83. The molecule has 1 aliphatic heterocycles. The molecule has 0 spiro atoms. The number of carbonyl (C=O) groups is 3. The summed E-state index contributed by atoms with van der Waals surface area (Å²) in [5.74, 6) is 0.679. The summed E-state index contributed by atoms with van der Waals surface area (Å²) < 4.78 is 6.94. The molecule has 0 aromatic carbocycles. The third kappa shape index (κ3) is 8.27. The van der Waals surface area contributed by atoms with Crippen molar-refractivity contribution in [1.82, 2.24) is 34.6 Å². The molecule has 4 heterocycles. The Morgan fingerprint density at radius 3 is 2.38 bits per heavy atom. The number of amides is 2. The van der Waals surface area contributed by atoms with Crippen molar-refractivity contribution in [3.05, 3.63) is 46.0 Å². The lowest BCUT2D eigenvalue weighted by atomic mass is 10.0. The van der Waals surface area contributed by atoms with Gasteiger partial charge >= 0.3 is 6.09 Å². The van der Waals surface area contributed by atoms with Crippen LogP contribution in [0.15, 0.2) is 29.3 Å². The number of nitrogens with zero attached hydrogens (tertiary/aromatic N) is 7. The maximum atomic E-state index is 13.5. The zero-order valence-corrected chi connectivity index (χ0v) is 28.8.